The molecule has 33 heavy (non-hydrogen) atoms. The molecule has 0 spiro atoms. The standard InChI is InChI=1S/C24H25F3N2O3.Na.H/c25-24(26,27)19-8-4-16(5-9-19)15-29-14-2-1-3-20(29)21(30)28-23(12-13-23)18-10-6-17(7-11-18)22(31)32;;/h4-11,20H,1-3,12-15H2,(H,28,30)(H,31,32);;/q;+1;-1. The zero-order valence-corrected chi connectivity index (χ0v) is 20.5. The van der Waals surface area contributed by atoms with Gasteiger partial charge in [0, 0.05) is 6.54 Å². The number of carboxylic acid groups (broad SMARTS) is 1. The van der Waals surface area contributed by atoms with E-state index in [0.717, 1.165) is 48.9 Å². The number of halogens is 3. The number of nitrogens with zero attached hydrogens (tertiary/aromatic N) is 1. The zero-order chi connectivity index (χ0) is 22.9. The van der Waals surface area contributed by atoms with E-state index in [9.17, 15) is 22.8 Å². The van der Waals surface area contributed by atoms with Crippen LogP contribution in [-0.4, -0.2) is 34.5 Å². The molecule has 1 aliphatic heterocycles. The number of carbonyl (C=O) groups excluding carboxylic acids is 1. The first kappa shape index (κ1) is 25.7. The van der Waals surface area contributed by atoms with Crippen LogP contribution in [0.4, 0.5) is 13.2 Å². The maximum atomic E-state index is 13.2. The van der Waals surface area contributed by atoms with Crippen molar-refractivity contribution in [3.05, 3.63) is 70.8 Å². The van der Waals surface area contributed by atoms with Crippen molar-refractivity contribution in [2.45, 2.75) is 56.4 Å². The van der Waals surface area contributed by atoms with E-state index in [1.54, 1.807) is 24.3 Å². The van der Waals surface area contributed by atoms with Gasteiger partial charge in [-0.25, -0.2) is 4.79 Å². The van der Waals surface area contributed by atoms with Crippen molar-refractivity contribution in [2.24, 2.45) is 0 Å². The van der Waals surface area contributed by atoms with Crippen LogP contribution in [0.1, 0.15) is 60.6 Å². The molecule has 1 unspecified atom stereocenters. The van der Waals surface area contributed by atoms with Gasteiger partial charge in [-0.3, -0.25) is 9.69 Å². The SMILES string of the molecule is O=C(O)c1ccc(C2(NC(=O)C3CCCCN3Cc3ccc(C(F)(F)F)cc3)CC2)cc1.[H-].[Na+]. The smallest absolute Gasteiger partial charge is 1.00 e. The quantitative estimate of drug-likeness (QED) is 0.631. The molecule has 9 heteroatoms. The van der Waals surface area contributed by atoms with Crippen molar-refractivity contribution >= 4 is 11.9 Å². The summed E-state index contributed by atoms with van der Waals surface area (Å²) >= 11 is 0. The Bertz CT molecular complexity index is 996. The molecule has 1 heterocycles. The monoisotopic (exact) mass is 470 g/mol. The summed E-state index contributed by atoms with van der Waals surface area (Å²) in [5.74, 6) is -1.08. The third kappa shape index (κ3) is 5.98. The van der Waals surface area contributed by atoms with Crippen LogP contribution in [0.15, 0.2) is 48.5 Å². The number of hydrogen-bond donors (Lipinski definition) is 2. The molecule has 1 saturated carbocycles. The first-order chi connectivity index (χ1) is 15.2. The van der Waals surface area contributed by atoms with Crippen LogP contribution in [0.2, 0.25) is 0 Å². The summed E-state index contributed by atoms with van der Waals surface area (Å²) in [4.78, 5) is 26.3. The summed E-state index contributed by atoms with van der Waals surface area (Å²) in [7, 11) is 0. The Morgan fingerprint density at radius 1 is 1.06 bits per heavy atom. The minimum absolute atomic E-state index is 0. The summed E-state index contributed by atoms with van der Waals surface area (Å²) in [5, 5.41) is 12.3. The molecule has 2 fully saturated rings. The van der Waals surface area contributed by atoms with Crippen LogP contribution in [0.3, 0.4) is 0 Å². The first-order valence-electron chi connectivity index (χ1n) is 10.7. The van der Waals surface area contributed by atoms with Crippen LogP contribution in [0.25, 0.3) is 0 Å². The van der Waals surface area contributed by atoms with Gasteiger partial charge in [-0.2, -0.15) is 13.2 Å². The summed E-state index contributed by atoms with van der Waals surface area (Å²) in [6, 6.07) is 11.3. The average Bonchev–Trinajstić information content (AvgIpc) is 3.54. The van der Waals surface area contributed by atoms with Crippen molar-refractivity contribution in [2.75, 3.05) is 6.54 Å². The number of nitrogens with one attached hydrogen (secondary N) is 1. The van der Waals surface area contributed by atoms with Crippen LogP contribution in [0.5, 0.6) is 0 Å². The fourth-order valence-corrected chi connectivity index (χ4v) is 4.37. The fourth-order valence-electron chi connectivity index (χ4n) is 4.37. The van der Waals surface area contributed by atoms with E-state index < -0.39 is 23.2 Å². The number of carbonyl (C=O) groups is 2. The van der Waals surface area contributed by atoms with E-state index in [0.29, 0.717) is 19.5 Å². The Morgan fingerprint density at radius 3 is 2.24 bits per heavy atom. The molecule has 1 saturated heterocycles. The summed E-state index contributed by atoms with van der Waals surface area (Å²) in [6.07, 6.45) is -0.241. The third-order valence-electron chi connectivity index (χ3n) is 6.38. The number of alkyl halides is 3. The summed E-state index contributed by atoms with van der Waals surface area (Å²) < 4.78 is 38.5. The third-order valence-corrected chi connectivity index (χ3v) is 6.38. The van der Waals surface area contributed by atoms with Crippen LogP contribution in [-0.2, 0) is 23.1 Å². The topological polar surface area (TPSA) is 69.6 Å². The maximum Gasteiger partial charge on any atom is 1.00 e. The molecule has 1 aliphatic carbocycles. The fraction of sp³-hybridized carbons (Fsp3) is 0.417. The summed E-state index contributed by atoms with van der Waals surface area (Å²) in [6.45, 7) is 1.12. The van der Waals surface area contributed by atoms with E-state index >= 15 is 0 Å². The minimum atomic E-state index is -4.37. The van der Waals surface area contributed by atoms with Crippen molar-refractivity contribution in [1.82, 2.24) is 10.2 Å². The number of hydrogen-bond acceptors (Lipinski definition) is 3. The van der Waals surface area contributed by atoms with E-state index in [1.165, 1.54) is 12.1 Å². The van der Waals surface area contributed by atoms with Crippen molar-refractivity contribution in [3.63, 3.8) is 0 Å². The molecule has 0 bridgehead atoms. The van der Waals surface area contributed by atoms with Gasteiger partial charge in [0.2, 0.25) is 5.91 Å². The molecule has 2 N–H and O–H groups in total. The molecule has 0 radical (unpaired) electrons. The van der Waals surface area contributed by atoms with Gasteiger partial charge in [0.15, 0.2) is 0 Å². The first-order valence-corrected chi connectivity index (χ1v) is 10.7. The van der Waals surface area contributed by atoms with Gasteiger partial charge in [0.1, 0.15) is 0 Å². The van der Waals surface area contributed by atoms with Crippen LogP contribution < -0.4 is 34.9 Å². The van der Waals surface area contributed by atoms with Crippen LogP contribution in [0, 0.1) is 0 Å². The average molecular weight is 470 g/mol. The molecule has 2 aromatic carbocycles. The number of rotatable bonds is 6. The van der Waals surface area contributed by atoms with Gasteiger partial charge >= 0.3 is 41.7 Å². The second-order valence-corrected chi connectivity index (χ2v) is 8.63. The number of piperidine rings is 1. The van der Waals surface area contributed by atoms with Crippen molar-refractivity contribution < 1.29 is 58.9 Å². The van der Waals surface area contributed by atoms with Gasteiger partial charge in [-0.05, 0) is 67.6 Å². The Hall–Kier alpha value is -1.87. The molecular formula is C24H26F3N2NaO3. The zero-order valence-electron chi connectivity index (χ0n) is 19.5. The summed E-state index contributed by atoms with van der Waals surface area (Å²) in [5.41, 5.74) is 0.680. The molecule has 1 atom stereocenters. The second-order valence-electron chi connectivity index (χ2n) is 8.63. The molecule has 1 amide bonds. The predicted octanol–water partition coefficient (Wildman–Crippen LogP) is 1.68. The molecule has 172 valence electrons. The van der Waals surface area contributed by atoms with Crippen molar-refractivity contribution in [1.29, 1.82) is 0 Å². The van der Waals surface area contributed by atoms with E-state index in [-0.39, 0.29) is 48.5 Å². The maximum absolute atomic E-state index is 13.2. The van der Waals surface area contributed by atoms with Gasteiger partial charge in [0.25, 0.3) is 0 Å². The normalized spacial score (nSPS) is 19.9. The Morgan fingerprint density at radius 2 is 1.70 bits per heavy atom. The Labute approximate surface area is 214 Å². The van der Waals surface area contributed by atoms with Gasteiger partial charge < -0.3 is 11.8 Å². The van der Waals surface area contributed by atoms with E-state index in [4.69, 9.17) is 5.11 Å². The Balaban J connectivity index is 0.00000204. The second kappa shape index (κ2) is 10.2. The predicted molar refractivity (Wildman–Crippen MR) is 113 cm³/mol. The molecule has 2 aliphatic rings. The Kier molecular flexibility index (Phi) is 7.94. The molecule has 0 aromatic heterocycles. The largest absolute Gasteiger partial charge is 1.00 e. The number of amides is 1. The van der Waals surface area contributed by atoms with Gasteiger partial charge in [-0.1, -0.05) is 30.7 Å². The van der Waals surface area contributed by atoms with E-state index in [2.05, 4.69) is 5.32 Å². The molecule has 2 aromatic rings. The van der Waals surface area contributed by atoms with Gasteiger partial charge in [0.05, 0.1) is 22.7 Å². The molecular weight excluding hydrogens is 444 g/mol. The van der Waals surface area contributed by atoms with Gasteiger partial charge in [-0.15, -0.1) is 0 Å². The minimum Gasteiger partial charge on any atom is -1.00 e. The van der Waals surface area contributed by atoms with Crippen LogP contribution >= 0.6 is 0 Å². The molecule has 4 rings (SSSR count). The number of aromatic carboxylic acids is 1. The number of likely N-dealkylation sites (tertiary alicyclic amines) is 1. The van der Waals surface area contributed by atoms with Crippen molar-refractivity contribution in [3.8, 4) is 0 Å². The number of carboxylic acids is 1. The van der Waals surface area contributed by atoms with E-state index in [1.807, 2.05) is 4.90 Å². The number of benzene rings is 2. The molecule has 5 nitrogen and oxygen atoms in total.